The van der Waals surface area contributed by atoms with Gasteiger partial charge in [0.05, 0.1) is 0 Å². The first-order chi connectivity index (χ1) is 10.3. The van der Waals surface area contributed by atoms with Gasteiger partial charge in [0, 0.05) is 32.2 Å². The molecule has 2 aromatic rings. The molecular formula is C18H22N2O. The van der Waals surface area contributed by atoms with Crippen molar-refractivity contribution in [2.45, 2.75) is 12.8 Å². The predicted molar refractivity (Wildman–Crippen MR) is 87.5 cm³/mol. The Morgan fingerprint density at radius 3 is 2.29 bits per heavy atom. The summed E-state index contributed by atoms with van der Waals surface area (Å²) in [5.74, 6) is 0.105. The molecule has 3 nitrogen and oxygen atoms in total. The second-order valence-electron chi connectivity index (χ2n) is 5.09. The summed E-state index contributed by atoms with van der Waals surface area (Å²) < 4.78 is 0. The van der Waals surface area contributed by atoms with Gasteiger partial charge < -0.3 is 10.2 Å². The molecule has 2 aromatic carbocycles. The van der Waals surface area contributed by atoms with Crippen LogP contribution in [0.15, 0.2) is 60.7 Å². The van der Waals surface area contributed by atoms with Crippen LogP contribution >= 0.6 is 0 Å². The number of benzene rings is 2. The predicted octanol–water partition coefficient (Wildman–Crippen LogP) is 2.87. The lowest BCUT2D eigenvalue weighted by molar-refractivity contribution is -0.120. The summed E-state index contributed by atoms with van der Waals surface area (Å²) in [5.41, 5.74) is 2.38. The molecule has 110 valence electrons. The fourth-order valence-corrected chi connectivity index (χ4v) is 2.16. The number of hydrogen-bond donors (Lipinski definition) is 1. The number of hydrogen-bond acceptors (Lipinski definition) is 2. The largest absolute Gasteiger partial charge is 0.374 e. The van der Waals surface area contributed by atoms with Gasteiger partial charge in [0.1, 0.15) is 0 Å². The van der Waals surface area contributed by atoms with E-state index in [-0.39, 0.29) is 5.91 Å². The summed E-state index contributed by atoms with van der Waals surface area (Å²) in [4.78, 5) is 13.9. The van der Waals surface area contributed by atoms with Gasteiger partial charge in [-0.2, -0.15) is 0 Å². The minimum atomic E-state index is 0.105. The second kappa shape index (κ2) is 8.10. The molecule has 0 heterocycles. The van der Waals surface area contributed by atoms with E-state index < -0.39 is 0 Å². The highest BCUT2D eigenvalue weighted by molar-refractivity contribution is 5.76. The maximum absolute atomic E-state index is 11.8. The Morgan fingerprint density at radius 2 is 1.62 bits per heavy atom. The second-order valence-corrected chi connectivity index (χ2v) is 5.09. The number of rotatable bonds is 7. The van der Waals surface area contributed by atoms with E-state index in [9.17, 15) is 4.79 Å². The monoisotopic (exact) mass is 282 g/mol. The van der Waals surface area contributed by atoms with Crippen LogP contribution in [-0.2, 0) is 11.2 Å². The van der Waals surface area contributed by atoms with Gasteiger partial charge in [-0.15, -0.1) is 0 Å². The first kappa shape index (κ1) is 15.1. The molecule has 1 amide bonds. The highest BCUT2D eigenvalue weighted by Crippen LogP contribution is 2.10. The van der Waals surface area contributed by atoms with Gasteiger partial charge in [-0.1, -0.05) is 48.5 Å². The van der Waals surface area contributed by atoms with Gasteiger partial charge in [-0.05, 0) is 24.1 Å². The Kier molecular flexibility index (Phi) is 5.83. The summed E-state index contributed by atoms with van der Waals surface area (Å²) >= 11 is 0. The quantitative estimate of drug-likeness (QED) is 0.847. The summed E-state index contributed by atoms with van der Waals surface area (Å²) in [6.07, 6.45) is 1.39. The fourth-order valence-electron chi connectivity index (χ4n) is 2.16. The molecule has 0 fully saturated rings. The van der Waals surface area contributed by atoms with Crippen LogP contribution in [0.25, 0.3) is 0 Å². The average Bonchev–Trinajstić information content (AvgIpc) is 2.54. The SMILES string of the molecule is CN(CCC(=O)NCCc1ccccc1)c1ccccc1. The molecule has 0 aliphatic carbocycles. The van der Waals surface area contributed by atoms with Crippen LogP contribution in [0, 0.1) is 0 Å². The van der Waals surface area contributed by atoms with Gasteiger partial charge in [-0.3, -0.25) is 4.79 Å². The molecule has 0 aromatic heterocycles. The van der Waals surface area contributed by atoms with Crippen molar-refractivity contribution >= 4 is 11.6 Å². The van der Waals surface area contributed by atoms with E-state index in [2.05, 4.69) is 22.3 Å². The smallest absolute Gasteiger partial charge is 0.221 e. The molecule has 0 saturated carbocycles. The standard InChI is InChI=1S/C18H22N2O/c1-20(17-10-6-3-7-11-17)15-13-18(21)19-14-12-16-8-4-2-5-9-16/h2-11H,12-15H2,1H3,(H,19,21). The zero-order valence-electron chi connectivity index (χ0n) is 12.5. The number of carbonyl (C=O) groups is 1. The van der Waals surface area contributed by atoms with Gasteiger partial charge in [-0.25, -0.2) is 0 Å². The molecule has 0 unspecified atom stereocenters. The lowest BCUT2D eigenvalue weighted by Crippen LogP contribution is -2.30. The molecule has 0 atom stereocenters. The van der Waals surface area contributed by atoms with Crippen molar-refractivity contribution in [2.75, 3.05) is 25.0 Å². The van der Waals surface area contributed by atoms with Crippen LogP contribution in [0.4, 0.5) is 5.69 Å². The first-order valence-corrected chi connectivity index (χ1v) is 7.32. The van der Waals surface area contributed by atoms with E-state index in [1.165, 1.54) is 5.56 Å². The van der Waals surface area contributed by atoms with Crippen LogP contribution < -0.4 is 10.2 Å². The Hall–Kier alpha value is -2.29. The molecule has 2 rings (SSSR count). The van der Waals surface area contributed by atoms with Crippen LogP contribution in [0.1, 0.15) is 12.0 Å². The van der Waals surface area contributed by atoms with E-state index in [4.69, 9.17) is 0 Å². The Labute approximate surface area is 126 Å². The molecule has 0 aliphatic heterocycles. The van der Waals surface area contributed by atoms with Crippen molar-refractivity contribution in [2.24, 2.45) is 0 Å². The van der Waals surface area contributed by atoms with Crippen LogP contribution in [0.2, 0.25) is 0 Å². The first-order valence-electron chi connectivity index (χ1n) is 7.32. The third-order valence-corrected chi connectivity index (χ3v) is 3.45. The number of nitrogens with zero attached hydrogens (tertiary/aromatic N) is 1. The van der Waals surface area contributed by atoms with Crippen molar-refractivity contribution in [3.05, 3.63) is 66.2 Å². The lowest BCUT2D eigenvalue weighted by Gasteiger charge is -2.18. The van der Waals surface area contributed by atoms with Gasteiger partial charge in [0.15, 0.2) is 0 Å². The van der Waals surface area contributed by atoms with E-state index in [1.54, 1.807) is 0 Å². The van der Waals surface area contributed by atoms with Crippen molar-refractivity contribution in [3.8, 4) is 0 Å². The maximum Gasteiger partial charge on any atom is 0.221 e. The molecular weight excluding hydrogens is 260 g/mol. The number of amides is 1. The van der Waals surface area contributed by atoms with Crippen molar-refractivity contribution < 1.29 is 4.79 Å². The van der Waals surface area contributed by atoms with Crippen molar-refractivity contribution in [1.29, 1.82) is 0 Å². The molecule has 21 heavy (non-hydrogen) atoms. The van der Waals surface area contributed by atoms with E-state index in [1.807, 2.05) is 55.6 Å². The third kappa shape index (κ3) is 5.30. The van der Waals surface area contributed by atoms with Gasteiger partial charge >= 0.3 is 0 Å². The zero-order chi connectivity index (χ0) is 14.9. The summed E-state index contributed by atoms with van der Waals surface area (Å²) in [6.45, 7) is 1.42. The van der Waals surface area contributed by atoms with Crippen LogP contribution in [0.3, 0.4) is 0 Å². The van der Waals surface area contributed by atoms with E-state index in [0.29, 0.717) is 13.0 Å². The molecule has 0 spiro atoms. The summed E-state index contributed by atoms with van der Waals surface area (Å²) in [6, 6.07) is 20.3. The lowest BCUT2D eigenvalue weighted by atomic mass is 10.1. The van der Waals surface area contributed by atoms with Crippen molar-refractivity contribution in [3.63, 3.8) is 0 Å². The topological polar surface area (TPSA) is 32.3 Å². The van der Waals surface area contributed by atoms with E-state index in [0.717, 1.165) is 18.7 Å². The molecule has 1 N–H and O–H groups in total. The minimum absolute atomic E-state index is 0.105. The minimum Gasteiger partial charge on any atom is -0.374 e. The molecule has 0 aliphatic rings. The van der Waals surface area contributed by atoms with Gasteiger partial charge in [0.2, 0.25) is 5.91 Å². The molecule has 0 radical (unpaired) electrons. The zero-order valence-corrected chi connectivity index (χ0v) is 12.5. The Morgan fingerprint density at radius 1 is 1.00 bits per heavy atom. The third-order valence-electron chi connectivity index (χ3n) is 3.45. The summed E-state index contributed by atoms with van der Waals surface area (Å²) in [7, 11) is 2.01. The normalized spacial score (nSPS) is 10.1. The Balaban J connectivity index is 1.66. The molecule has 0 saturated heterocycles. The highest BCUT2D eigenvalue weighted by atomic mass is 16.1. The van der Waals surface area contributed by atoms with Crippen LogP contribution in [0.5, 0.6) is 0 Å². The molecule has 0 bridgehead atoms. The molecule has 3 heteroatoms. The fraction of sp³-hybridized carbons (Fsp3) is 0.278. The number of nitrogens with one attached hydrogen (secondary N) is 1. The summed E-state index contributed by atoms with van der Waals surface area (Å²) in [5, 5.41) is 2.97. The number of carbonyl (C=O) groups excluding carboxylic acids is 1. The Bertz CT molecular complexity index is 540. The van der Waals surface area contributed by atoms with Gasteiger partial charge in [0.25, 0.3) is 0 Å². The maximum atomic E-state index is 11.8. The van der Waals surface area contributed by atoms with Crippen LogP contribution in [-0.4, -0.2) is 26.0 Å². The number of para-hydroxylation sites is 1. The average molecular weight is 282 g/mol. The highest BCUT2D eigenvalue weighted by Gasteiger charge is 2.04. The van der Waals surface area contributed by atoms with E-state index >= 15 is 0 Å². The van der Waals surface area contributed by atoms with Crippen molar-refractivity contribution in [1.82, 2.24) is 5.32 Å². The number of anilines is 1.